The summed E-state index contributed by atoms with van der Waals surface area (Å²) >= 11 is 1.38. The highest BCUT2D eigenvalue weighted by molar-refractivity contribution is 8.14. The number of nitrogens with zero attached hydrogens (tertiary/aromatic N) is 4. The van der Waals surface area contributed by atoms with E-state index in [2.05, 4.69) is 36.1 Å². The van der Waals surface area contributed by atoms with Gasteiger partial charge in [-0.3, -0.25) is 14.2 Å². The van der Waals surface area contributed by atoms with Gasteiger partial charge in [-0.2, -0.15) is 10.1 Å². The summed E-state index contributed by atoms with van der Waals surface area (Å²) in [4.78, 5) is 29.4. The molecule has 0 unspecified atom stereocenters. The van der Waals surface area contributed by atoms with Crippen LogP contribution in [0.5, 0.6) is 0 Å². The van der Waals surface area contributed by atoms with Gasteiger partial charge < -0.3 is 0 Å². The first-order chi connectivity index (χ1) is 12.9. The predicted octanol–water partition coefficient (Wildman–Crippen LogP) is 4.58. The van der Waals surface area contributed by atoms with Crippen molar-refractivity contribution in [3.05, 3.63) is 41.2 Å². The number of imidazole rings is 1. The Morgan fingerprint density at radius 2 is 1.70 bits per heavy atom. The molecule has 2 aromatic rings. The molecule has 0 N–H and O–H groups in total. The van der Waals surface area contributed by atoms with Crippen LogP contribution in [0.4, 0.5) is 5.82 Å². The fourth-order valence-electron chi connectivity index (χ4n) is 2.88. The van der Waals surface area contributed by atoms with Crippen molar-refractivity contribution < 1.29 is 9.59 Å². The summed E-state index contributed by atoms with van der Waals surface area (Å²) in [7, 11) is 0. The second-order valence-corrected chi connectivity index (χ2v) is 7.69. The third kappa shape index (κ3) is 3.56. The fraction of sp³-hybridized carbons (Fsp3) is 0.400. The van der Waals surface area contributed by atoms with Gasteiger partial charge in [-0.15, -0.1) is 0 Å². The Kier molecular flexibility index (Phi) is 5.51. The van der Waals surface area contributed by atoms with E-state index < -0.39 is 0 Å². The molecule has 0 radical (unpaired) electrons. The smallest absolute Gasteiger partial charge is 0.248 e. The maximum Gasteiger partial charge on any atom is 0.248 e. The van der Waals surface area contributed by atoms with E-state index in [9.17, 15) is 9.59 Å². The van der Waals surface area contributed by atoms with E-state index in [1.165, 1.54) is 22.3 Å². The third-order valence-electron chi connectivity index (χ3n) is 4.49. The standard InChI is InChI=1S/C20H24N4O2S/c1-6-16(25)23-13(5)21-18-20(23)27-19(22-24(18)17(26)7-2)15-10-8-14(9-11-15)12(3)4/h8-12H,6-7H2,1-5H3. The highest BCUT2D eigenvalue weighted by Gasteiger charge is 2.32. The molecule has 2 heterocycles. The van der Waals surface area contributed by atoms with E-state index >= 15 is 0 Å². The molecular weight excluding hydrogens is 360 g/mol. The van der Waals surface area contributed by atoms with Gasteiger partial charge in [0.2, 0.25) is 11.8 Å². The van der Waals surface area contributed by atoms with Gasteiger partial charge in [0.15, 0.2) is 5.82 Å². The summed E-state index contributed by atoms with van der Waals surface area (Å²) < 4.78 is 1.59. The molecule has 0 aliphatic carbocycles. The zero-order valence-corrected chi connectivity index (χ0v) is 17.1. The predicted molar refractivity (Wildman–Crippen MR) is 109 cm³/mol. The van der Waals surface area contributed by atoms with Crippen LogP contribution in [-0.2, 0) is 4.79 Å². The molecule has 1 aromatic carbocycles. The van der Waals surface area contributed by atoms with Crippen LogP contribution in [0.25, 0.3) is 0 Å². The lowest BCUT2D eigenvalue weighted by atomic mass is 10.0. The molecule has 0 fully saturated rings. The highest BCUT2D eigenvalue weighted by atomic mass is 32.2. The van der Waals surface area contributed by atoms with Gasteiger partial charge in [-0.25, -0.2) is 4.98 Å². The SMILES string of the molecule is CCC(=O)N1N=C(c2ccc(C(C)C)cc2)Sc2c1nc(C)n2C(=O)CC. The first kappa shape index (κ1) is 19.4. The molecular formula is C20H24N4O2S. The van der Waals surface area contributed by atoms with Gasteiger partial charge in [-0.05, 0) is 30.2 Å². The number of fused-ring (bicyclic) bond motifs is 1. The molecule has 1 aliphatic rings. The maximum absolute atomic E-state index is 12.5. The largest absolute Gasteiger partial charge is 0.274 e. The number of aryl methyl sites for hydroxylation is 1. The number of rotatable bonds is 4. The number of amides is 1. The summed E-state index contributed by atoms with van der Waals surface area (Å²) in [6.07, 6.45) is 0.669. The van der Waals surface area contributed by atoms with Gasteiger partial charge in [0.05, 0.1) is 0 Å². The van der Waals surface area contributed by atoms with Crippen molar-refractivity contribution in [2.24, 2.45) is 5.10 Å². The zero-order valence-electron chi connectivity index (χ0n) is 16.3. The van der Waals surface area contributed by atoms with Crippen molar-refractivity contribution in [1.29, 1.82) is 0 Å². The summed E-state index contributed by atoms with van der Waals surface area (Å²) in [5, 5.41) is 7.23. The number of hydrazone groups is 1. The van der Waals surface area contributed by atoms with E-state index in [0.29, 0.717) is 40.5 Å². The Bertz CT molecular complexity index is 913. The van der Waals surface area contributed by atoms with Crippen LogP contribution in [0.15, 0.2) is 34.4 Å². The molecule has 6 nitrogen and oxygen atoms in total. The van der Waals surface area contributed by atoms with Gasteiger partial charge >= 0.3 is 0 Å². The lowest BCUT2D eigenvalue weighted by molar-refractivity contribution is -0.118. The van der Waals surface area contributed by atoms with Crippen molar-refractivity contribution in [2.45, 2.75) is 58.4 Å². The van der Waals surface area contributed by atoms with Crippen LogP contribution in [-0.4, -0.2) is 26.4 Å². The first-order valence-electron chi connectivity index (χ1n) is 9.19. The molecule has 1 aromatic heterocycles. The number of hydrogen-bond donors (Lipinski definition) is 0. The quantitative estimate of drug-likeness (QED) is 0.774. The molecule has 0 saturated heterocycles. The van der Waals surface area contributed by atoms with Crippen molar-refractivity contribution in [3.63, 3.8) is 0 Å². The van der Waals surface area contributed by atoms with Crippen LogP contribution in [0.3, 0.4) is 0 Å². The topological polar surface area (TPSA) is 67.6 Å². The van der Waals surface area contributed by atoms with E-state index in [1.807, 2.05) is 19.1 Å². The molecule has 142 valence electrons. The third-order valence-corrected chi connectivity index (χ3v) is 5.55. The minimum Gasteiger partial charge on any atom is -0.274 e. The van der Waals surface area contributed by atoms with E-state index in [4.69, 9.17) is 0 Å². The fourth-order valence-corrected chi connectivity index (χ4v) is 3.99. The Labute approximate surface area is 163 Å². The van der Waals surface area contributed by atoms with Crippen molar-refractivity contribution in [3.8, 4) is 0 Å². The Morgan fingerprint density at radius 1 is 1.07 bits per heavy atom. The Balaban J connectivity index is 2.09. The Morgan fingerprint density at radius 3 is 2.26 bits per heavy atom. The number of hydrogen-bond acceptors (Lipinski definition) is 5. The first-order valence-corrected chi connectivity index (χ1v) is 10.0. The summed E-state index contributed by atoms with van der Waals surface area (Å²) in [6, 6.07) is 8.17. The molecule has 0 bridgehead atoms. The molecule has 3 rings (SSSR count). The Hall–Kier alpha value is -2.41. The van der Waals surface area contributed by atoms with Gasteiger partial charge in [0, 0.05) is 18.4 Å². The van der Waals surface area contributed by atoms with Crippen LogP contribution < -0.4 is 5.01 Å². The monoisotopic (exact) mass is 384 g/mol. The second-order valence-electron chi connectivity index (χ2n) is 6.71. The highest BCUT2D eigenvalue weighted by Crippen LogP contribution is 2.38. The number of benzene rings is 1. The van der Waals surface area contributed by atoms with Crippen LogP contribution in [0.1, 0.15) is 68.2 Å². The molecule has 0 saturated carbocycles. The maximum atomic E-state index is 12.5. The van der Waals surface area contributed by atoms with E-state index in [1.54, 1.807) is 18.4 Å². The number of carbonyl (C=O) groups excluding carboxylic acids is 2. The summed E-state index contributed by atoms with van der Waals surface area (Å²) in [5.74, 6) is 1.25. The molecule has 1 aliphatic heterocycles. The minimum atomic E-state index is -0.151. The average molecular weight is 385 g/mol. The van der Waals surface area contributed by atoms with Crippen molar-refractivity contribution in [2.75, 3.05) is 5.01 Å². The molecule has 0 atom stereocenters. The molecule has 7 heteroatoms. The van der Waals surface area contributed by atoms with Crippen molar-refractivity contribution >= 4 is 34.4 Å². The van der Waals surface area contributed by atoms with Crippen molar-refractivity contribution in [1.82, 2.24) is 9.55 Å². The van der Waals surface area contributed by atoms with Gasteiger partial charge in [-0.1, -0.05) is 52.0 Å². The lowest BCUT2D eigenvalue weighted by Crippen LogP contribution is -2.29. The molecule has 1 amide bonds. The lowest BCUT2D eigenvalue weighted by Gasteiger charge is -2.22. The van der Waals surface area contributed by atoms with E-state index in [-0.39, 0.29) is 11.8 Å². The van der Waals surface area contributed by atoms with Crippen LogP contribution in [0.2, 0.25) is 0 Å². The van der Waals surface area contributed by atoms with E-state index in [0.717, 1.165) is 5.56 Å². The van der Waals surface area contributed by atoms with Crippen LogP contribution >= 0.6 is 11.8 Å². The average Bonchev–Trinajstić information content (AvgIpc) is 3.01. The van der Waals surface area contributed by atoms with Gasteiger partial charge in [0.25, 0.3) is 0 Å². The number of carbonyl (C=O) groups is 2. The zero-order chi connectivity index (χ0) is 19.7. The summed E-state index contributed by atoms with van der Waals surface area (Å²) in [5.41, 5.74) is 2.16. The second kappa shape index (κ2) is 7.68. The number of thioether (sulfide) groups is 1. The molecule has 0 spiro atoms. The normalized spacial score (nSPS) is 13.6. The number of anilines is 1. The minimum absolute atomic E-state index is 0.0472. The molecule has 27 heavy (non-hydrogen) atoms. The number of aromatic nitrogens is 2. The summed E-state index contributed by atoms with van der Waals surface area (Å²) in [6.45, 7) is 9.67. The van der Waals surface area contributed by atoms with Crippen LogP contribution in [0, 0.1) is 6.92 Å². The van der Waals surface area contributed by atoms with Gasteiger partial charge in [0.1, 0.15) is 15.9 Å².